The average molecular weight is 411 g/mol. The van der Waals surface area contributed by atoms with Gasteiger partial charge < -0.3 is 29.9 Å². The van der Waals surface area contributed by atoms with E-state index in [2.05, 4.69) is 0 Å². The Labute approximate surface area is 171 Å². The van der Waals surface area contributed by atoms with Gasteiger partial charge in [0, 0.05) is 29.6 Å². The summed E-state index contributed by atoms with van der Waals surface area (Å²) in [5.41, 5.74) is -5.48. The average Bonchev–Trinajstić information content (AvgIpc) is 3.29. The van der Waals surface area contributed by atoms with Gasteiger partial charge in [0.25, 0.3) is 0 Å². The minimum atomic E-state index is -1.49. The normalized spacial score (nSPS) is 61.9. The maximum Gasteiger partial charge on any atom is 0.303 e. The second kappa shape index (κ2) is 5.36. The fourth-order valence-corrected chi connectivity index (χ4v) is 8.56. The molecule has 0 amide bonds. The van der Waals surface area contributed by atoms with Crippen molar-refractivity contribution >= 4 is 5.97 Å². The van der Waals surface area contributed by atoms with Crippen LogP contribution in [0.2, 0.25) is 0 Å². The molecular weight excluding hydrogens is 376 g/mol. The number of fused-ring (bicyclic) bond motifs is 4. The van der Waals surface area contributed by atoms with E-state index in [0.29, 0.717) is 19.3 Å². The number of carbonyl (C=O) groups is 1. The summed E-state index contributed by atoms with van der Waals surface area (Å²) in [7, 11) is 0. The number of carbonyl (C=O) groups excluding carboxylic acids is 1. The molecule has 0 radical (unpaired) electrons. The number of epoxide rings is 1. The van der Waals surface area contributed by atoms with Crippen molar-refractivity contribution in [2.45, 2.75) is 102 Å². The topological polar surface area (TPSA) is 120 Å². The van der Waals surface area contributed by atoms with E-state index in [-0.39, 0.29) is 30.5 Å². The van der Waals surface area contributed by atoms with Crippen LogP contribution in [0.25, 0.3) is 0 Å². The Morgan fingerprint density at radius 1 is 1.10 bits per heavy atom. The molecule has 7 heteroatoms. The SMILES string of the molecule is CC(=O)O[C@@H]1C[C@@]23C[C@](C)(O)[C@H](CC[C@H]2[C@@](C)(O)[C@H]2[C@@H]4O[C@@H]4C(C)(C)[C@]21O)[C@H]3O. The Bertz CT molecular complexity index is 760. The number of hydrogen-bond acceptors (Lipinski definition) is 7. The highest BCUT2D eigenvalue weighted by molar-refractivity contribution is 5.66. The number of aliphatic hydroxyl groups is 4. The molecule has 4 N–H and O–H groups in total. The van der Waals surface area contributed by atoms with Gasteiger partial charge in [-0.15, -0.1) is 0 Å². The Balaban J connectivity index is 1.71. The van der Waals surface area contributed by atoms with Crippen LogP contribution in [0, 0.1) is 28.6 Å². The molecule has 0 aromatic heterocycles. The van der Waals surface area contributed by atoms with Crippen molar-refractivity contribution in [3.8, 4) is 0 Å². The third-order valence-corrected chi connectivity index (χ3v) is 9.69. The smallest absolute Gasteiger partial charge is 0.303 e. The highest BCUT2D eigenvalue weighted by atomic mass is 16.6. The minimum absolute atomic E-state index is 0.205. The largest absolute Gasteiger partial charge is 0.459 e. The minimum Gasteiger partial charge on any atom is -0.459 e. The van der Waals surface area contributed by atoms with Crippen LogP contribution in [-0.2, 0) is 14.3 Å². The highest BCUT2D eigenvalue weighted by Crippen LogP contribution is 2.73. The Hall–Kier alpha value is -0.730. The Morgan fingerprint density at radius 3 is 2.38 bits per heavy atom. The van der Waals surface area contributed by atoms with Crippen molar-refractivity contribution in [2.24, 2.45) is 28.6 Å². The lowest BCUT2D eigenvalue weighted by molar-refractivity contribution is -0.230. The zero-order valence-electron chi connectivity index (χ0n) is 17.9. The molecule has 4 saturated carbocycles. The summed E-state index contributed by atoms with van der Waals surface area (Å²) < 4.78 is 11.6. The molecule has 1 aliphatic heterocycles. The van der Waals surface area contributed by atoms with Gasteiger partial charge in [0.15, 0.2) is 0 Å². The van der Waals surface area contributed by atoms with Crippen LogP contribution in [0.1, 0.15) is 60.3 Å². The Morgan fingerprint density at radius 2 is 1.76 bits per heavy atom. The standard InChI is InChI=1S/C22H34O7/c1-10(23)28-13-8-21-9-19(4,25)11(16(21)24)6-7-12(21)20(5,26)15-14-17(29-14)18(2,3)22(13,15)27/h11-17,24-27H,6-9H2,1-5H3/t11-,12+,13-,14+,15-,16-,17+,19+,20-,21-,22-/m1/s1. The molecule has 1 saturated heterocycles. The van der Waals surface area contributed by atoms with Crippen LogP contribution in [0.5, 0.6) is 0 Å². The van der Waals surface area contributed by atoms with Crippen LogP contribution < -0.4 is 0 Å². The summed E-state index contributed by atoms with van der Waals surface area (Å²) in [4.78, 5) is 12.1. The molecule has 5 aliphatic rings. The van der Waals surface area contributed by atoms with Gasteiger partial charge in [-0.2, -0.15) is 0 Å². The Kier molecular flexibility index (Phi) is 3.73. The quantitative estimate of drug-likeness (QED) is 0.372. The monoisotopic (exact) mass is 410 g/mol. The molecule has 0 aromatic rings. The predicted octanol–water partition coefficient (Wildman–Crippen LogP) is 0.755. The van der Waals surface area contributed by atoms with Crippen LogP contribution in [0.15, 0.2) is 0 Å². The van der Waals surface area contributed by atoms with Crippen molar-refractivity contribution in [3.63, 3.8) is 0 Å². The first-order valence-electron chi connectivity index (χ1n) is 10.9. The number of esters is 1. The molecule has 1 spiro atoms. The van der Waals surface area contributed by atoms with Gasteiger partial charge in [-0.1, -0.05) is 13.8 Å². The van der Waals surface area contributed by atoms with Gasteiger partial charge in [0.1, 0.15) is 11.7 Å². The number of hydrogen-bond donors (Lipinski definition) is 4. The van der Waals surface area contributed by atoms with Crippen LogP contribution >= 0.6 is 0 Å². The van der Waals surface area contributed by atoms with E-state index >= 15 is 0 Å². The fraction of sp³-hybridized carbons (Fsp3) is 0.955. The molecule has 0 unspecified atom stereocenters. The lowest BCUT2D eigenvalue weighted by atomic mass is 9.57. The van der Waals surface area contributed by atoms with Crippen molar-refractivity contribution in [1.29, 1.82) is 0 Å². The van der Waals surface area contributed by atoms with Crippen LogP contribution in [-0.4, -0.2) is 67.6 Å². The molecule has 11 atom stereocenters. The van der Waals surface area contributed by atoms with Gasteiger partial charge in [0.05, 0.1) is 29.5 Å². The van der Waals surface area contributed by atoms with E-state index in [0.717, 1.165) is 0 Å². The van der Waals surface area contributed by atoms with E-state index in [9.17, 15) is 25.2 Å². The highest BCUT2D eigenvalue weighted by Gasteiger charge is 2.83. The molecule has 0 aromatic carbocycles. The van der Waals surface area contributed by atoms with Crippen molar-refractivity contribution in [2.75, 3.05) is 0 Å². The summed E-state index contributed by atoms with van der Waals surface area (Å²) in [6, 6.07) is 0. The summed E-state index contributed by atoms with van der Waals surface area (Å²) >= 11 is 0. The zero-order chi connectivity index (χ0) is 21.4. The number of rotatable bonds is 1. The number of ether oxygens (including phenoxy) is 2. The third kappa shape index (κ3) is 2.14. The summed E-state index contributed by atoms with van der Waals surface area (Å²) in [6.45, 7) is 8.62. The first kappa shape index (κ1) is 20.2. The summed E-state index contributed by atoms with van der Waals surface area (Å²) in [6.07, 6.45) is -0.461. The second-order valence-electron chi connectivity index (χ2n) is 11.5. The van der Waals surface area contributed by atoms with Crippen LogP contribution in [0.3, 0.4) is 0 Å². The molecule has 7 nitrogen and oxygen atoms in total. The molecule has 2 bridgehead atoms. The first-order valence-corrected chi connectivity index (χ1v) is 10.9. The lowest BCUT2D eigenvalue weighted by Gasteiger charge is -2.51. The molecule has 5 rings (SSSR count). The molecule has 1 heterocycles. The van der Waals surface area contributed by atoms with E-state index in [1.54, 1.807) is 13.8 Å². The van der Waals surface area contributed by atoms with E-state index < -0.39 is 51.7 Å². The zero-order valence-corrected chi connectivity index (χ0v) is 17.9. The van der Waals surface area contributed by atoms with Gasteiger partial charge in [-0.3, -0.25) is 4.79 Å². The molecule has 4 aliphatic carbocycles. The van der Waals surface area contributed by atoms with E-state index in [1.807, 2.05) is 13.8 Å². The van der Waals surface area contributed by atoms with Crippen LogP contribution in [0.4, 0.5) is 0 Å². The van der Waals surface area contributed by atoms with Gasteiger partial charge in [-0.05, 0) is 45.4 Å². The maximum absolute atomic E-state index is 12.2. The third-order valence-electron chi connectivity index (χ3n) is 9.69. The van der Waals surface area contributed by atoms with Gasteiger partial charge >= 0.3 is 5.97 Å². The van der Waals surface area contributed by atoms with Gasteiger partial charge in [0.2, 0.25) is 0 Å². The summed E-state index contributed by atoms with van der Waals surface area (Å²) in [5, 5.41) is 46.6. The molecule has 29 heavy (non-hydrogen) atoms. The van der Waals surface area contributed by atoms with Gasteiger partial charge in [-0.25, -0.2) is 0 Å². The van der Waals surface area contributed by atoms with Crippen molar-refractivity contribution in [1.82, 2.24) is 0 Å². The molecule has 5 fully saturated rings. The van der Waals surface area contributed by atoms with Crippen molar-refractivity contribution in [3.05, 3.63) is 0 Å². The fourth-order valence-electron chi connectivity index (χ4n) is 8.56. The van der Waals surface area contributed by atoms with E-state index in [4.69, 9.17) is 9.47 Å². The lowest BCUT2D eigenvalue weighted by Crippen LogP contribution is -2.63. The maximum atomic E-state index is 12.2. The summed E-state index contributed by atoms with van der Waals surface area (Å²) in [5.74, 6) is -1.78. The second-order valence-corrected chi connectivity index (χ2v) is 11.5. The van der Waals surface area contributed by atoms with E-state index in [1.165, 1.54) is 6.92 Å². The van der Waals surface area contributed by atoms with Crippen molar-refractivity contribution < 1.29 is 34.7 Å². The molecule has 164 valence electrons. The predicted molar refractivity (Wildman–Crippen MR) is 102 cm³/mol. The first-order chi connectivity index (χ1) is 13.2. The number of aliphatic hydroxyl groups excluding tert-OH is 1. The molecular formula is C22H34O7.